The van der Waals surface area contributed by atoms with Crippen molar-refractivity contribution in [1.29, 1.82) is 0 Å². The number of carbonyl (C=O) groups excluding carboxylic acids is 1. The first-order valence-corrected chi connectivity index (χ1v) is 8.32. The van der Waals surface area contributed by atoms with E-state index in [0.29, 0.717) is 10.1 Å². The molecule has 0 saturated heterocycles. The fraction of sp³-hybridized carbons (Fsp3) is 0.357. The maximum Gasteiger partial charge on any atom is 0.269 e. The van der Waals surface area contributed by atoms with E-state index in [1.54, 1.807) is 0 Å². The summed E-state index contributed by atoms with van der Waals surface area (Å²) in [5, 5.41) is 7.33. The van der Waals surface area contributed by atoms with Gasteiger partial charge < -0.3 is 5.32 Å². The van der Waals surface area contributed by atoms with Gasteiger partial charge in [0, 0.05) is 10.1 Å². The molecule has 1 heterocycles. The zero-order chi connectivity index (χ0) is 13.8. The molecule has 6 heteroatoms. The highest BCUT2D eigenvalue weighted by molar-refractivity contribution is 8.00. The number of anilines is 1. The van der Waals surface area contributed by atoms with Crippen molar-refractivity contribution in [2.75, 3.05) is 5.32 Å². The number of nitrogens with zero attached hydrogens (tertiary/aromatic N) is 2. The molecule has 104 valence electrons. The van der Waals surface area contributed by atoms with Crippen LogP contribution in [0.25, 0.3) is 0 Å². The Bertz CT molecular complexity index is 580. The van der Waals surface area contributed by atoms with Crippen LogP contribution in [-0.2, 0) is 0 Å². The number of para-hydroxylation sites is 1. The van der Waals surface area contributed by atoms with Gasteiger partial charge >= 0.3 is 0 Å². The van der Waals surface area contributed by atoms with Crippen molar-refractivity contribution in [1.82, 2.24) is 9.59 Å². The minimum Gasteiger partial charge on any atom is -0.320 e. The number of rotatable bonds is 4. The highest BCUT2D eigenvalue weighted by atomic mass is 32.2. The molecule has 0 aliphatic heterocycles. The molecule has 1 amide bonds. The summed E-state index contributed by atoms with van der Waals surface area (Å²) in [6.45, 7) is 0. The van der Waals surface area contributed by atoms with Crippen LogP contribution in [0.2, 0.25) is 0 Å². The van der Waals surface area contributed by atoms with Crippen LogP contribution in [0.4, 0.5) is 5.69 Å². The number of carbonyl (C=O) groups is 1. The lowest BCUT2D eigenvalue weighted by molar-refractivity contribution is 0.103. The van der Waals surface area contributed by atoms with Gasteiger partial charge in [0.25, 0.3) is 5.91 Å². The Morgan fingerprint density at radius 2 is 2.10 bits per heavy atom. The Morgan fingerprint density at radius 3 is 2.85 bits per heavy atom. The van der Waals surface area contributed by atoms with Gasteiger partial charge in [-0.3, -0.25) is 4.79 Å². The Kier molecular flexibility index (Phi) is 4.32. The minimum atomic E-state index is -0.139. The van der Waals surface area contributed by atoms with Crippen LogP contribution >= 0.6 is 23.3 Å². The second-order valence-corrected chi connectivity index (χ2v) is 6.88. The Balaban J connectivity index is 1.73. The largest absolute Gasteiger partial charge is 0.320 e. The van der Waals surface area contributed by atoms with Gasteiger partial charge in [0.1, 0.15) is 4.88 Å². The summed E-state index contributed by atoms with van der Waals surface area (Å²) in [6, 6.07) is 7.98. The molecule has 1 aromatic carbocycles. The predicted octanol–water partition coefficient (Wildman–Crippen LogP) is 3.83. The second kappa shape index (κ2) is 6.37. The first-order chi connectivity index (χ1) is 9.83. The molecule has 1 aliphatic rings. The fourth-order valence-electron chi connectivity index (χ4n) is 2.31. The van der Waals surface area contributed by atoms with E-state index in [2.05, 4.69) is 21.0 Å². The monoisotopic (exact) mass is 305 g/mol. The lowest BCUT2D eigenvalue weighted by Gasteiger charge is -2.13. The number of thioether (sulfide) groups is 1. The topological polar surface area (TPSA) is 54.9 Å². The molecule has 1 aliphatic carbocycles. The van der Waals surface area contributed by atoms with E-state index < -0.39 is 0 Å². The number of amides is 1. The van der Waals surface area contributed by atoms with Gasteiger partial charge in [-0.1, -0.05) is 29.5 Å². The Labute approximate surface area is 126 Å². The summed E-state index contributed by atoms with van der Waals surface area (Å²) in [4.78, 5) is 13.8. The number of nitrogens with one attached hydrogen (secondary N) is 1. The first-order valence-electron chi connectivity index (χ1n) is 6.67. The van der Waals surface area contributed by atoms with E-state index >= 15 is 0 Å². The average molecular weight is 305 g/mol. The van der Waals surface area contributed by atoms with E-state index in [1.165, 1.54) is 31.9 Å². The van der Waals surface area contributed by atoms with E-state index in [-0.39, 0.29) is 5.91 Å². The molecule has 20 heavy (non-hydrogen) atoms. The smallest absolute Gasteiger partial charge is 0.269 e. The van der Waals surface area contributed by atoms with Gasteiger partial charge in [0.2, 0.25) is 0 Å². The van der Waals surface area contributed by atoms with Gasteiger partial charge in [-0.15, -0.1) is 16.9 Å². The number of hydrogen-bond donors (Lipinski definition) is 1. The van der Waals surface area contributed by atoms with E-state index in [0.717, 1.165) is 22.1 Å². The van der Waals surface area contributed by atoms with E-state index in [4.69, 9.17) is 0 Å². The van der Waals surface area contributed by atoms with Crippen LogP contribution in [0.5, 0.6) is 0 Å². The normalized spacial score (nSPS) is 15.4. The molecule has 2 aromatic rings. The zero-order valence-electron chi connectivity index (χ0n) is 10.9. The highest BCUT2D eigenvalue weighted by Crippen LogP contribution is 2.38. The van der Waals surface area contributed by atoms with Crippen molar-refractivity contribution in [3.63, 3.8) is 0 Å². The molecular weight excluding hydrogens is 290 g/mol. The highest BCUT2D eigenvalue weighted by Gasteiger charge is 2.18. The summed E-state index contributed by atoms with van der Waals surface area (Å²) < 4.78 is 3.72. The van der Waals surface area contributed by atoms with Crippen molar-refractivity contribution in [2.24, 2.45) is 0 Å². The van der Waals surface area contributed by atoms with Gasteiger partial charge in [0.05, 0.1) is 11.9 Å². The summed E-state index contributed by atoms with van der Waals surface area (Å²) in [7, 11) is 0. The molecule has 3 rings (SSSR count). The van der Waals surface area contributed by atoms with Crippen LogP contribution in [0.1, 0.15) is 35.4 Å². The maximum atomic E-state index is 12.1. The van der Waals surface area contributed by atoms with Crippen molar-refractivity contribution < 1.29 is 4.79 Å². The van der Waals surface area contributed by atoms with Gasteiger partial charge in [-0.2, -0.15) is 0 Å². The van der Waals surface area contributed by atoms with Crippen molar-refractivity contribution in [3.8, 4) is 0 Å². The van der Waals surface area contributed by atoms with Crippen molar-refractivity contribution >= 4 is 34.9 Å². The number of hydrogen-bond acceptors (Lipinski definition) is 5. The average Bonchev–Trinajstić information content (AvgIpc) is 3.13. The predicted molar refractivity (Wildman–Crippen MR) is 82.4 cm³/mol. The molecule has 0 unspecified atom stereocenters. The Hall–Kier alpha value is -1.40. The summed E-state index contributed by atoms with van der Waals surface area (Å²) in [5.74, 6) is -0.139. The molecule has 0 spiro atoms. The maximum absolute atomic E-state index is 12.1. The van der Waals surface area contributed by atoms with Crippen LogP contribution in [0, 0.1) is 0 Å². The molecule has 1 aromatic heterocycles. The third kappa shape index (κ3) is 3.19. The number of aromatic nitrogens is 2. The molecule has 0 radical (unpaired) electrons. The molecule has 0 bridgehead atoms. The third-order valence-electron chi connectivity index (χ3n) is 3.32. The first kappa shape index (κ1) is 13.6. The van der Waals surface area contributed by atoms with Crippen LogP contribution < -0.4 is 5.32 Å². The van der Waals surface area contributed by atoms with Crippen molar-refractivity contribution in [3.05, 3.63) is 35.3 Å². The second-order valence-electron chi connectivity index (χ2n) is 4.76. The Morgan fingerprint density at radius 1 is 1.30 bits per heavy atom. The lowest BCUT2D eigenvalue weighted by atomic mass is 10.3. The van der Waals surface area contributed by atoms with Crippen LogP contribution in [0.3, 0.4) is 0 Å². The van der Waals surface area contributed by atoms with E-state index in [9.17, 15) is 4.79 Å². The standard InChI is InChI=1S/C14H15N3OS2/c18-14(13-9-15-17-20-13)16-11-7-3-4-8-12(11)19-10-5-1-2-6-10/h3-4,7-10H,1-2,5-6H2,(H,16,18). The lowest BCUT2D eigenvalue weighted by Crippen LogP contribution is -2.11. The van der Waals surface area contributed by atoms with Crippen LogP contribution in [0.15, 0.2) is 35.4 Å². The molecule has 0 atom stereocenters. The van der Waals surface area contributed by atoms with E-state index in [1.807, 2.05) is 30.0 Å². The van der Waals surface area contributed by atoms with Gasteiger partial charge in [-0.25, -0.2) is 0 Å². The van der Waals surface area contributed by atoms with Gasteiger partial charge in [-0.05, 0) is 36.5 Å². The molecule has 4 nitrogen and oxygen atoms in total. The summed E-state index contributed by atoms with van der Waals surface area (Å²) in [6.07, 6.45) is 6.67. The molecule has 1 saturated carbocycles. The fourth-order valence-corrected chi connectivity index (χ4v) is 4.05. The molecular formula is C14H15N3OS2. The molecule has 1 fully saturated rings. The van der Waals surface area contributed by atoms with Gasteiger partial charge in [0.15, 0.2) is 0 Å². The summed E-state index contributed by atoms with van der Waals surface area (Å²) in [5.41, 5.74) is 0.878. The third-order valence-corrected chi connectivity index (χ3v) is 5.39. The zero-order valence-corrected chi connectivity index (χ0v) is 12.5. The molecule has 1 N–H and O–H groups in total. The number of benzene rings is 1. The van der Waals surface area contributed by atoms with Crippen LogP contribution in [-0.4, -0.2) is 20.7 Å². The summed E-state index contributed by atoms with van der Waals surface area (Å²) >= 11 is 2.98. The van der Waals surface area contributed by atoms with Crippen molar-refractivity contribution in [2.45, 2.75) is 35.8 Å². The quantitative estimate of drug-likeness (QED) is 0.933. The SMILES string of the molecule is O=C(Nc1ccccc1SC1CCCC1)c1cnns1. The minimum absolute atomic E-state index is 0.139.